The second-order valence-corrected chi connectivity index (χ2v) is 14.9. The molecular weight excluding hydrogens is 683 g/mol. The number of para-hydroxylation sites is 2. The van der Waals surface area contributed by atoms with Crippen molar-refractivity contribution in [1.29, 1.82) is 5.26 Å². The van der Waals surface area contributed by atoms with Gasteiger partial charge in [-0.3, -0.25) is 0 Å². The fourth-order valence-corrected chi connectivity index (χ4v) is 8.56. The highest BCUT2D eigenvalue weighted by atomic mass is 15.0. The van der Waals surface area contributed by atoms with Gasteiger partial charge in [-0.05, 0) is 92.4 Å². The molecule has 0 unspecified atom stereocenters. The summed E-state index contributed by atoms with van der Waals surface area (Å²) in [6, 6.07) is 56.3. The maximum atomic E-state index is 10.8. The Morgan fingerprint density at radius 3 is 1.34 bits per heavy atom. The van der Waals surface area contributed by atoms with Gasteiger partial charge in [0.25, 0.3) is 0 Å². The van der Waals surface area contributed by atoms with Gasteiger partial charge in [-0.1, -0.05) is 120 Å². The van der Waals surface area contributed by atoms with Crippen molar-refractivity contribution in [2.75, 3.05) is 0 Å². The summed E-state index contributed by atoms with van der Waals surface area (Å²) in [4.78, 5) is 10.3. The van der Waals surface area contributed by atoms with E-state index in [4.69, 9.17) is 9.97 Å². The standard InChI is InChI=1S/C51H37N5/c1-31-11-9-13-36(23-31)38-19-21-42-40-15-5-7-17-44(40)55(46(42)28-38)48-26-35(30-52)27-49(50(48)51-53-33(3)25-34(4)54-51)56-45-18-8-6-16-41(45)43-22-20-39(29-47(43)56)37-14-10-12-32(2)24-37/h5-29H,1-4H3. The third-order valence-corrected chi connectivity index (χ3v) is 11.0. The van der Waals surface area contributed by atoms with Crippen LogP contribution in [0.25, 0.3) is 88.6 Å². The van der Waals surface area contributed by atoms with Crippen LogP contribution in [0, 0.1) is 39.0 Å². The van der Waals surface area contributed by atoms with Crippen molar-refractivity contribution in [3.05, 3.63) is 180 Å². The first-order valence-corrected chi connectivity index (χ1v) is 19.0. The summed E-state index contributed by atoms with van der Waals surface area (Å²) in [5, 5.41) is 15.4. The topological polar surface area (TPSA) is 59.4 Å². The summed E-state index contributed by atoms with van der Waals surface area (Å²) in [5.74, 6) is 0.610. The van der Waals surface area contributed by atoms with Gasteiger partial charge in [-0.15, -0.1) is 0 Å². The molecule has 0 spiro atoms. The van der Waals surface area contributed by atoms with Crippen LogP contribution in [0.4, 0.5) is 0 Å². The van der Waals surface area contributed by atoms with E-state index in [2.05, 4.69) is 163 Å². The minimum atomic E-state index is 0.546. The Kier molecular flexibility index (Phi) is 7.69. The quantitative estimate of drug-likeness (QED) is 0.178. The molecule has 0 saturated carbocycles. The molecular formula is C51H37N5. The number of nitriles is 1. The first-order valence-electron chi connectivity index (χ1n) is 19.0. The molecule has 3 heterocycles. The average molecular weight is 720 g/mol. The minimum absolute atomic E-state index is 0.546. The van der Waals surface area contributed by atoms with E-state index >= 15 is 0 Å². The van der Waals surface area contributed by atoms with Gasteiger partial charge in [-0.25, -0.2) is 9.97 Å². The van der Waals surface area contributed by atoms with Crippen LogP contribution in [0.1, 0.15) is 28.1 Å². The minimum Gasteiger partial charge on any atom is -0.308 e. The van der Waals surface area contributed by atoms with Crippen molar-refractivity contribution in [1.82, 2.24) is 19.1 Å². The molecule has 0 aliphatic carbocycles. The van der Waals surface area contributed by atoms with Crippen LogP contribution in [-0.4, -0.2) is 19.1 Å². The Morgan fingerprint density at radius 2 is 0.875 bits per heavy atom. The molecule has 0 bridgehead atoms. The van der Waals surface area contributed by atoms with Gasteiger partial charge in [0.15, 0.2) is 5.82 Å². The molecule has 266 valence electrons. The average Bonchev–Trinajstić information content (AvgIpc) is 3.72. The first kappa shape index (κ1) is 33.3. The highest BCUT2D eigenvalue weighted by Crippen LogP contribution is 2.43. The Balaban J connectivity index is 1.37. The molecule has 0 atom stereocenters. The van der Waals surface area contributed by atoms with Crippen molar-refractivity contribution in [3.8, 4) is 51.1 Å². The summed E-state index contributed by atoms with van der Waals surface area (Å²) >= 11 is 0. The third kappa shape index (κ3) is 5.38. The van der Waals surface area contributed by atoms with E-state index in [1.165, 1.54) is 11.1 Å². The molecule has 10 rings (SSSR count). The normalized spacial score (nSPS) is 11.6. The Labute approximate surface area is 325 Å². The van der Waals surface area contributed by atoms with Crippen LogP contribution in [0.2, 0.25) is 0 Å². The third-order valence-electron chi connectivity index (χ3n) is 11.0. The number of nitrogens with zero attached hydrogens (tertiary/aromatic N) is 5. The second kappa shape index (κ2) is 12.9. The van der Waals surface area contributed by atoms with Gasteiger partial charge in [-0.2, -0.15) is 5.26 Å². The predicted octanol–water partition coefficient (Wildman–Crippen LogP) is 12.8. The SMILES string of the molecule is Cc1cccc(-c2ccc3c4ccccc4n(-c4cc(C#N)cc(-n5c6ccccc6c6ccc(-c7cccc(C)c7)cc65)c4-c4nc(C)cc(C)n4)c3c2)c1. The summed E-state index contributed by atoms with van der Waals surface area (Å²) in [5.41, 5.74) is 16.0. The predicted molar refractivity (Wildman–Crippen MR) is 231 cm³/mol. The van der Waals surface area contributed by atoms with Gasteiger partial charge < -0.3 is 9.13 Å². The van der Waals surface area contributed by atoms with E-state index in [0.717, 1.165) is 94.2 Å². The van der Waals surface area contributed by atoms with Crippen molar-refractivity contribution >= 4 is 43.6 Å². The Bertz CT molecular complexity index is 3060. The van der Waals surface area contributed by atoms with Gasteiger partial charge in [0, 0.05) is 32.9 Å². The second-order valence-electron chi connectivity index (χ2n) is 14.9. The molecule has 10 aromatic rings. The van der Waals surface area contributed by atoms with Crippen LogP contribution < -0.4 is 0 Å². The summed E-state index contributed by atoms with van der Waals surface area (Å²) in [7, 11) is 0. The number of hydrogen-bond donors (Lipinski definition) is 0. The molecule has 0 amide bonds. The van der Waals surface area contributed by atoms with E-state index < -0.39 is 0 Å². The molecule has 0 fully saturated rings. The summed E-state index contributed by atoms with van der Waals surface area (Å²) in [6.45, 7) is 8.29. The van der Waals surface area contributed by atoms with Crippen LogP contribution in [0.15, 0.2) is 152 Å². The number of aryl methyl sites for hydroxylation is 4. The van der Waals surface area contributed by atoms with Crippen LogP contribution in [0.5, 0.6) is 0 Å². The molecule has 5 nitrogen and oxygen atoms in total. The molecule has 56 heavy (non-hydrogen) atoms. The van der Waals surface area contributed by atoms with Crippen molar-refractivity contribution in [2.24, 2.45) is 0 Å². The lowest BCUT2D eigenvalue weighted by Crippen LogP contribution is -2.07. The van der Waals surface area contributed by atoms with Crippen molar-refractivity contribution < 1.29 is 0 Å². The lowest BCUT2D eigenvalue weighted by molar-refractivity contribution is 1.04. The largest absolute Gasteiger partial charge is 0.308 e. The van der Waals surface area contributed by atoms with E-state index in [9.17, 15) is 5.26 Å². The monoisotopic (exact) mass is 719 g/mol. The highest BCUT2D eigenvalue weighted by molar-refractivity contribution is 6.13. The fourth-order valence-electron chi connectivity index (χ4n) is 8.56. The molecule has 3 aromatic heterocycles. The van der Waals surface area contributed by atoms with Gasteiger partial charge in [0.1, 0.15) is 0 Å². The first-order chi connectivity index (χ1) is 27.3. The lowest BCUT2D eigenvalue weighted by atomic mass is 10.0. The van der Waals surface area contributed by atoms with E-state index in [1.807, 2.05) is 32.0 Å². The maximum absolute atomic E-state index is 10.8. The van der Waals surface area contributed by atoms with Crippen LogP contribution >= 0.6 is 0 Å². The Hall–Kier alpha value is -7.29. The number of fused-ring (bicyclic) bond motifs is 6. The number of rotatable bonds is 5. The van der Waals surface area contributed by atoms with E-state index in [0.29, 0.717) is 11.4 Å². The van der Waals surface area contributed by atoms with Crippen LogP contribution in [0.3, 0.4) is 0 Å². The van der Waals surface area contributed by atoms with E-state index in [1.54, 1.807) is 0 Å². The summed E-state index contributed by atoms with van der Waals surface area (Å²) < 4.78 is 4.63. The molecule has 0 saturated heterocycles. The Morgan fingerprint density at radius 1 is 0.429 bits per heavy atom. The van der Waals surface area contributed by atoms with E-state index in [-0.39, 0.29) is 0 Å². The van der Waals surface area contributed by atoms with Gasteiger partial charge in [0.2, 0.25) is 0 Å². The smallest absolute Gasteiger partial charge is 0.163 e. The zero-order valence-corrected chi connectivity index (χ0v) is 31.7. The molecule has 7 aromatic carbocycles. The summed E-state index contributed by atoms with van der Waals surface area (Å²) in [6.07, 6.45) is 0. The molecule has 0 aliphatic rings. The van der Waals surface area contributed by atoms with Gasteiger partial charge in [0.05, 0.1) is 50.6 Å². The number of hydrogen-bond acceptors (Lipinski definition) is 3. The van der Waals surface area contributed by atoms with Crippen molar-refractivity contribution in [3.63, 3.8) is 0 Å². The zero-order chi connectivity index (χ0) is 38.1. The fraction of sp³-hybridized carbons (Fsp3) is 0.0784. The molecule has 5 heteroatoms. The number of aromatic nitrogens is 4. The molecule has 0 aliphatic heterocycles. The number of benzene rings is 7. The zero-order valence-electron chi connectivity index (χ0n) is 31.7. The lowest BCUT2D eigenvalue weighted by Gasteiger charge is -2.20. The van der Waals surface area contributed by atoms with Crippen molar-refractivity contribution in [2.45, 2.75) is 27.7 Å². The van der Waals surface area contributed by atoms with Crippen LogP contribution in [-0.2, 0) is 0 Å². The molecule has 0 N–H and O–H groups in total. The maximum Gasteiger partial charge on any atom is 0.163 e. The highest BCUT2D eigenvalue weighted by Gasteiger charge is 2.25. The van der Waals surface area contributed by atoms with Gasteiger partial charge >= 0.3 is 0 Å². The molecule has 0 radical (unpaired) electrons.